The first-order valence-electron chi connectivity index (χ1n) is 8.38. The van der Waals surface area contributed by atoms with E-state index in [4.69, 9.17) is 4.99 Å². The second-order valence-corrected chi connectivity index (χ2v) is 6.04. The Kier molecular flexibility index (Phi) is 7.03. The fourth-order valence-corrected chi connectivity index (χ4v) is 2.88. The van der Waals surface area contributed by atoms with Gasteiger partial charge in [-0.25, -0.2) is 0 Å². The van der Waals surface area contributed by atoms with Gasteiger partial charge in [-0.15, -0.1) is 0 Å². The first-order valence-corrected chi connectivity index (χ1v) is 8.38. The van der Waals surface area contributed by atoms with Gasteiger partial charge in [0.2, 0.25) is 0 Å². The average molecular weight is 293 g/mol. The Balaban J connectivity index is 1.73. The molecule has 0 aromatic carbocycles. The number of nitrogens with zero attached hydrogens (tertiary/aromatic N) is 3. The minimum atomic E-state index is 0.523. The van der Waals surface area contributed by atoms with Gasteiger partial charge in [-0.3, -0.25) is 4.99 Å². The summed E-state index contributed by atoms with van der Waals surface area (Å²) in [6.07, 6.45) is 7.99. The van der Waals surface area contributed by atoms with E-state index in [0.717, 1.165) is 38.4 Å². The number of guanidine groups is 1. The van der Waals surface area contributed by atoms with Crippen LogP contribution in [0.15, 0.2) is 17.1 Å². The normalized spacial score (nSPS) is 22.5. The molecular formula is C16H31N5. The summed E-state index contributed by atoms with van der Waals surface area (Å²) in [6, 6.07) is 0.523. The van der Waals surface area contributed by atoms with Gasteiger partial charge in [0.15, 0.2) is 5.96 Å². The zero-order valence-corrected chi connectivity index (χ0v) is 13.6. The lowest BCUT2D eigenvalue weighted by atomic mass is 10.2. The molecule has 0 bridgehead atoms. The zero-order valence-electron chi connectivity index (χ0n) is 13.6. The fraction of sp³-hybridized carbons (Fsp3) is 0.812. The average Bonchev–Trinajstić information content (AvgIpc) is 2.88. The Hall–Kier alpha value is -1.07. The Morgan fingerprint density at radius 1 is 1.19 bits per heavy atom. The van der Waals surface area contributed by atoms with Gasteiger partial charge < -0.3 is 20.4 Å². The minimum Gasteiger partial charge on any atom is -0.357 e. The van der Waals surface area contributed by atoms with Crippen molar-refractivity contribution in [3.05, 3.63) is 12.2 Å². The van der Waals surface area contributed by atoms with Crippen molar-refractivity contribution in [2.45, 2.75) is 32.2 Å². The third-order valence-corrected chi connectivity index (χ3v) is 4.19. The molecular weight excluding hydrogens is 262 g/mol. The van der Waals surface area contributed by atoms with Crippen LogP contribution in [-0.4, -0.2) is 74.7 Å². The second-order valence-electron chi connectivity index (χ2n) is 6.04. The maximum atomic E-state index is 4.73. The van der Waals surface area contributed by atoms with Gasteiger partial charge in [0, 0.05) is 32.2 Å². The van der Waals surface area contributed by atoms with E-state index in [1.54, 1.807) is 0 Å². The first-order chi connectivity index (χ1) is 10.3. The van der Waals surface area contributed by atoms with Crippen molar-refractivity contribution in [1.29, 1.82) is 0 Å². The highest BCUT2D eigenvalue weighted by Gasteiger charge is 2.13. The van der Waals surface area contributed by atoms with E-state index in [0.29, 0.717) is 6.04 Å². The van der Waals surface area contributed by atoms with E-state index in [1.165, 1.54) is 32.6 Å². The maximum Gasteiger partial charge on any atom is 0.191 e. The van der Waals surface area contributed by atoms with Crippen LogP contribution in [0.3, 0.4) is 0 Å². The van der Waals surface area contributed by atoms with E-state index in [1.807, 2.05) is 0 Å². The summed E-state index contributed by atoms with van der Waals surface area (Å²) in [5.41, 5.74) is 0. The van der Waals surface area contributed by atoms with Crippen LogP contribution in [0.2, 0.25) is 0 Å². The number of aliphatic imine (C=N–C) groups is 1. The molecule has 1 heterocycles. The van der Waals surface area contributed by atoms with Crippen molar-refractivity contribution in [1.82, 2.24) is 20.4 Å². The van der Waals surface area contributed by atoms with Gasteiger partial charge >= 0.3 is 0 Å². The smallest absolute Gasteiger partial charge is 0.191 e. The largest absolute Gasteiger partial charge is 0.357 e. The van der Waals surface area contributed by atoms with Crippen molar-refractivity contribution < 1.29 is 0 Å². The number of nitrogens with one attached hydrogen (secondary N) is 2. The number of likely N-dealkylation sites (N-methyl/N-ethyl adjacent to an activating group) is 1. The molecule has 2 aliphatic rings. The van der Waals surface area contributed by atoms with Crippen molar-refractivity contribution in [2.75, 3.05) is 52.9 Å². The second kappa shape index (κ2) is 9.05. The SMILES string of the molecule is CCNC(=NCCN1CCCN(C)CC1)NC1CC=CC1. The molecule has 5 nitrogen and oxygen atoms in total. The Morgan fingerprint density at radius 2 is 2.00 bits per heavy atom. The van der Waals surface area contributed by atoms with Crippen LogP contribution in [0.4, 0.5) is 0 Å². The number of rotatable bonds is 5. The van der Waals surface area contributed by atoms with Crippen LogP contribution in [0.1, 0.15) is 26.2 Å². The van der Waals surface area contributed by atoms with E-state index in [-0.39, 0.29) is 0 Å². The molecule has 0 radical (unpaired) electrons. The third kappa shape index (κ3) is 6.06. The molecule has 0 atom stereocenters. The van der Waals surface area contributed by atoms with Crippen LogP contribution in [0.5, 0.6) is 0 Å². The van der Waals surface area contributed by atoms with Gasteiger partial charge in [-0.2, -0.15) is 0 Å². The molecule has 5 heteroatoms. The maximum absolute atomic E-state index is 4.73. The topological polar surface area (TPSA) is 42.9 Å². The minimum absolute atomic E-state index is 0.523. The molecule has 0 saturated carbocycles. The van der Waals surface area contributed by atoms with E-state index < -0.39 is 0 Å². The molecule has 1 saturated heterocycles. The highest BCUT2D eigenvalue weighted by Crippen LogP contribution is 2.08. The summed E-state index contributed by atoms with van der Waals surface area (Å²) < 4.78 is 0. The van der Waals surface area contributed by atoms with E-state index in [2.05, 4.69) is 46.6 Å². The monoisotopic (exact) mass is 293 g/mol. The van der Waals surface area contributed by atoms with Crippen LogP contribution in [0.25, 0.3) is 0 Å². The molecule has 0 amide bonds. The summed E-state index contributed by atoms with van der Waals surface area (Å²) in [4.78, 5) is 9.69. The predicted octanol–water partition coefficient (Wildman–Crippen LogP) is 0.898. The standard InChI is InChI=1S/C16H31N5/c1-3-17-16(19-15-7-4-5-8-15)18-9-12-21-11-6-10-20(2)13-14-21/h4-5,15H,3,6-14H2,1-2H3,(H2,17,18,19). The van der Waals surface area contributed by atoms with Gasteiger partial charge in [0.25, 0.3) is 0 Å². The van der Waals surface area contributed by atoms with Crippen LogP contribution >= 0.6 is 0 Å². The molecule has 1 aliphatic carbocycles. The van der Waals surface area contributed by atoms with Crippen LogP contribution in [0, 0.1) is 0 Å². The molecule has 0 spiro atoms. The highest BCUT2D eigenvalue weighted by atomic mass is 15.2. The third-order valence-electron chi connectivity index (χ3n) is 4.19. The summed E-state index contributed by atoms with van der Waals surface area (Å²) in [5.74, 6) is 0.970. The van der Waals surface area contributed by atoms with Gasteiger partial charge in [0.1, 0.15) is 0 Å². The lowest BCUT2D eigenvalue weighted by Gasteiger charge is -2.20. The van der Waals surface area contributed by atoms with Gasteiger partial charge in [-0.1, -0.05) is 12.2 Å². The van der Waals surface area contributed by atoms with Crippen molar-refractivity contribution in [2.24, 2.45) is 4.99 Å². The summed E-state index contributed by atoms with van der Waals surface area (Å²) in [5, 5.41) is 6.87. The number of hydrogen-bond donors (Lipinski definition) is 2. The van der Waals surface area contributed by atoms with E-state index >= 15 is 0 Å². The summed E-state index contributed by atoms with van der Waals surface area (Å²) in [7, 11) is 2.21. The molecule has 0 aromatic heterocycles. The lowest BCUT2D eigenvalue weighted by Crippen LogP contribution is -2.43. The molecule has 120 valence electrons. The predicted molar refractivity (Wildman–Crippen MR) is 89.8 cm³/mol. The number of hydrogen-bond acceptors (Lipinski definition) is 3. The Labute approximate surface area is 129 Å². The Bertz CT molecular complexity index is 345. The summed E-state index contributed by atoms with van der Waals surface area (Å²) >= 11 is 0. The summed E-state index contributed by atoms with van der Waals surface area (Å²) in [6.45, 7) is 9.75. The van der Waals surface area contributed by atoms with Crippen LogP contribution < -0.4 is 10.6 Å². The lowest BCUT2D eigenvalue weighted by molar-refractivity contribution is 0.283. The van der Waals surface area contributed by atoms with Gasteiger partial charge in [-0.05, 0) is 46.3 Å². The fourth-order valence-electron chi connectivity index (χ4n) is 2.88. The highest BCUT2D eigenvalue weighted by molar-refractivity contribution is 5.80. The molecule has 0 unspecified atom stereocenters. The molecule has 2 rings (SSSR count). The van der Waals surface area contributed by atoms with Crippen molar-refractivity contribution in [3.8, 4) is 0 Å². The zero-order chi connectivity index (χ0) is 14.9. The quantitative estimate of drug-likeness (QED) is 0.449. The van der Waals surface area contributed by atoms with Crippen molar-refractivity contribution >= 4 is 5.96 Å². The molecule has 21 heavy (non-hydrogen) atoms. The van der Waals surface area contributed by atoms with Crippen molar-refractivity contribution in [3.63, 3.8) is 0 Å². The molecule has 1 aliphatic heterocycles. The Morgan fingerprint density at radius 3 is 2.76 bits per heavy atom. The molecule has 0 aromatic rings. The molecule has 2 N–H and O–H groups in total. The first kappa shape index (κ1) is 16.3. The molecule has 1 fully saturated rings. The van der Waals surface area contributed by atoms with Gasteiger partial charge in [0.05, 0.1) is 6.54 Å². The van der Waals surface area contributed by atoms with E-state index in [9.17, 15) is 0 Å². The van der Waals surface area contributed by atoms with Crippen LogP contribution in [-0.2, 0) is 0 Å².